The Morgan fingerprint density at radius 2 is 1.58 bits per heavy atom. The zero-order valence-electron chi connectivity index (χ0n) is 15.4. The van der Waals surface area contributed by atoms with E-state index in [1.807, 2.05) is 13.8 Å². The van der Waals surface area contributed by atoms with Gasteiger partial charge < -0.3 is 19.1 Å². The van der Waals surface area contributed by atoms with E-state index in [2.05, 4.69) is 0 Å². The minimum atomic E-state index is -3.68. The molecule has 0 radical (unpaired) electrons. The van der Waals surface area contributed by atoms with Gasteiger partial charge in [0.1, 0.15) is 0 Å². The Morgan fingerprint density at radius 3 is 2.15 bits per heavy atom. The predicted octanol–water partition coefficient (Wildman–Crippen LogP) is 1.95. The van der Waals surface area contributed by atoms with Gasteiger partial charge in [0, 0.05) is 32.2 Å². The Labute approximate surface area is 154 Å². The Kier molecular flexibility index (Phi) is 7.10. The number of benzene rings is 1. The van der Waals surface area contributed by atoms with Crippen LogP contribution in [0, 0.1) is 0 Å². The highest BCUT2D eigenvalue weighted by molar-refractivity contribution is 7.89. The van der Waals surface area contributed by atoms with Crippen molar-refractivity contribution in [3.8, 4) is 11.5 Å². The van der Waals surface area contributed by atoms with Crippen LogP contribution >= 0.6 is 0 Å². The second kappa shape index (κ2) is 9.09. The smallest absolute Gasteiger partial charge is 0.409 e. The van der Waals surface area contributed by atoms with Crippen molar-refractivity contribution in [3.63, 3.8) is 0 Å². The van der Waals surface area contributed by atoms with Gasteiger partial charge in [-0.1, -0.05) is 0 Å². The number of piperazine rings is 1. The summed E-state index contributed by atoms with van der Waals surface area (Å²) < 4.78 is 43.1. The minimum Gasteiger partial charge on any atom is -0.490 e. The summed E-state index contributed by atoms with van der Waals surface area (Å²) in [5.74, 6) is 0.918. The normalized spacial score (nSPS) is 15.6. The fraction of sp³-hybridized carbons (Fsp3) is 0.588. The highest BCUT2D eigenvalue weighted by atomic mass is 32.2. The van der Waals surface area contributed by atoms with Crippen LogP contribution in [0.4, 0.5) is 4.79 Å². The van der Waals surface area contributed by atoms with Crippen LogP contribution in [0.25, 0.3) is 0 Å². The lowest BCUT2D eigenvalue weighted by Crippen LogP contribution is -2.50. The molecule has 0 bridgehead atoms. The van der Waals surface area contributed by atoms with Gasteiger partial charge in [0.15, 0.2) is 11.5 Å². The van der Waals surface area contributed by atoms with Gasteiger partial charge in [0.25, 0.3) is 0 Å². The summed E-state index contributed by atoms with van der Waals surface area (Å²) in [5, 5.41) is 0. The zero-order valence-corrected chi connectivity index (χ0v) is 16.3. The molecule has 0 unspecified atom stereocenters. The summed E-state index contributed by atoms with van der Waals surface area (Å²) in [5.41, 5.74) is 0. The molecular weight excluding hydrogens is 360 g/mol. The van der Waals surface area contributed by atoms with Gasteiger partial charge in [-0.25, -0.2) is 13.2 Å². The van der Waals surface area contributed by atoms with Crippen molar-refractivity contribution < 1.29 is 27.4 Å². The first-order valence-corrected chi connectivity index (χ1v) is 10.2. The van der Waals surface area contributed by atoms with E-state index >= 15 is 0 Å². The van der Waals surface area contributed by atoms with E-state index in [1.54, 1.807) is 13.0 Å². The van der Waals surface area contributed by atoms with Gasteiger partial charge in [0.05, 0.1) is 24.7 Å². The molecule has 146 valence electrons. The summed E-state index contributed by atoms with van der Waals surface area (Å²) in [6.07, 6.45) is -0.413. The summed E-state index contributed by atoms with van der Waals surface area (Å²) >= 11 is 0. The van der Waals surface area contributed by atoms with Crippen LogP contribution in [0.15, 0.2) is 23.1 Å². The summed E-state index contributed by atoms with van der Waals surface area (Å²) in [7, 11) is -3.68. The molecule has 0 N–H and O–H groups in total. The minimum absolute atomic E-state index is 0.147. The monoisotopic (exact) mass is 386 g/mol. The van der Waals surface area contributed by atoms with E-state index in [9.17, 15) is 13.2 Å². The first kappa shape index (κ1) is 20.3. The van der Waals surface area contributed by atoms with Gasteiger partial charge in [-0.3, -0.25) is 0 Å². The van der Waals surface area contributed by atoms with E-state index in [0.29, 0.717) is 44.4 Å². The highest BCUT2D eigenvalue weighted by Gasteiger charge is 2.31. The third-order valence-electron chi connectivity index (χ3n) is 3.92. The molecule has 1 aliphatic rings. The molecule has 0 aromatic heterocycles. The Bertz CT molecular complexity index is 714. The van der Waals surface area contributed by atoms with E-state index in [4.69, 9.17) is 14.2 Å². The molecular formula is C17H26N2O6S. The molecule has 1 amide bonds. The molecule has 1 heterocycles. The standard InChI is InChI=1S/C17H26N2O6S/c1-4-23-15-8-7-14(13-16(15)24-5-2)26(21,22)19-11-9-18(10-12-19)17(20)25-6-3/h7-8,13H,4-6,9-12H2,1-3H3. The third kappa shape index (κ3) is 4.59. The lowest BCUT2D eigenvalue weighted by Gasteiger charge is -2.33. The van der Waals surface area contributed by atoms with E-state index in [0.717, 1.165) is 0 Å². The molecule has 2 rings (SSSR count). The first-order valence-electron chi connectivity index (χ1n) is 8.75. The van der Waals surface area contributed by atoms with Crippen LogP contribution in [0.5, 0.6) is 11.5 Å². The first-order chi connectivity index (χ1) is 12.4. The molecule has 1 fully saturated rings. The second-order valence-corrected chi connectivity index (χ2v) is 7.50. The van der Waals surface area contributed by atoms with Crippen molar-refractivity contribution in [2.45, 2.75) is 25.7 Å². The lowest BCUT2D eigenvalue weighted by molar-refractivity contribution is 0.0934. The molecule has 1 aromatic carbocycles. The predicted molar refractivity (Wildman–Crippen MR) is 96.1 cm³/mol. The number of hydrogen-bond acceptors (Lipinski definition) is 6. The number of ether oxygens (including phenoxy) is 3. The number of carbonyl (C=O) groups is 1. The largest absolute Gasteiger partial charge is 0.490 e. The Balaban J connectivity index is 2.15. The summed E-state index contributed by atoms with van der Waals surface area (Å²) in [6, 6.07) is 4.61. The van der Waals surface area contributed by atoms with Crippen molar-refractivity contribution in [2.75, 3.05) is 46.0 Å². The quantitative estimate of drug-likeness (QED) is 0.712. The van der Waals surface area contributed by atoms with Crippen molar-refractivity contribution in [2.24, 2.45) is 0 Å². The molecule has 1 aromatic rings. The highest BCUT2D eigenvalue weighted by Crippen LogP contribution is 2.31. The van der Waals surface area contributed by atoms with Crippen LogP contribution in [0.1, 0.15) is 20.8 Å². The maximum Gasteiger partial charge on any atom is 0.409 e. The summed E-state index contributed by atoms with van der Waals surface area (Å²) in [6.45, 7) is 7.61. The Hall–Kier alpha value is -2.00. The SMILES string of the molecule is CCOC(=O)N1CCN(S(=O)(=O)c2ccc(OCC)c(OCC)c2)CC1. The van der Waals surface area contributed by atoms with Gasteiger partial charge in [0.2, 0.25) is 10.0 Å². The number of amides is 1. The summed E-state index contributed by atoms with van der Waals surface area (Å²) in [4.78, 5) is 13.4. The van der Waals surface area contributed by atoms with Crippen LogP contribution < -0.4 is 9.47 Å². The van der Waals surface area contributed by atoms with Gasteiger partial charge in [-0.2, -0.15) is 4.31 Å². The topological polar surface area (TPSA) is 85.4 Å². The number of nitrogens with zero attached hydrogens (tertiary/aromatic N) is 2. The van der Waals surface area contributed by atoms with Crippen molar-refractivity contribution in [1.29, 1.82) is 0 Å². The molecule has 1 aliphatic heterocycles. The molecule has 1 saturated heterocycles. The van der Waals surface area contributed by atoms with Crippen molar-refractivity contribution in [3.05, 3.63) is 18.2 Å². The van der Waals surface area contributed by atoms with Gasteiger partial charge in [-0.05, 0) is 32.9 Å². The zero-order chi connectivity index (χ0) is 19.2. The van der Waals surface area contributed by atoms with Crippen LogP contribution in [-0.4, -0.2) is 69.7 Å². The number of carbonyl (C=O) groups excluding carboxylic acids is 1. The number of rotatable bonds is 7. The average molecular weight is 386 g/mol. The molecule has 0 aliphatic carbocycles. The van der Waals surface area contributed by atoms with Crippen LogP contribution in [0.3, 0.4) is 0 Å². The molecule has 0 atom stereocenters. The number of hydrogen-bond donors (Lipinski definition) is 0. The maximum absolute atomic E-state index is 12.9. The van der Waals surface area contributed by atoms with Crippen molar-refractivity contribution >= 4 is 16.1 Å². The van der Waals surface area contributed by atoms with Crippen LogP contribution in [-0.2, 0) is 14.8 Å². The van der Waals surface area contributed by atoms with Crippen LogP contribution in [0.2, 0.25) is 0 Å². The van der Waals surface area contributed by atoms with Gasteiger partial charge in [-0.15, -0.1) is 0 Å². The molecule has 26 heavy (non-hydrogen) atoms. The van der Waals surface area contributed by atoms with E-state index in [1.165, 1.54) is 21.3 Å². The average Bonchev–Trinajstić information content (AvgIpc) is 2.64. The van der Waals surface area contributed by atoms with E-state index < -0.39 is 16.1 Å². The molecule has 9 heteroatoms. The number of sulfonamides is 1. The molecule has 8 nitrogen and oxygen atoms in total. The maximum atomic E-state index is 12.9. The lowest BCUT2D eigenvalue weighted by atomic mass is 10.3. The fourth-order valence-corrected chi connectivity index (χ4v) is 4.10. The Morgan fingerprint density at radius 1 is 0.962 bits per heavy atom. The molecule has 0 saturated carbocycles. The molecule has 0 spiro atoms. The van der Waals surface area contributed by atoms with E-state index in [-0.39, 0.29) is 18.0 Å². The van der Waals surface area contributed by atoms with Gasteiger partial charge >= 0.3 is 6.09 Å². The third-order valence-corrected chi connectivity index (χ3v) is 5.81. The fourth-order valence-electron chi connectivity index (χ4n) is 2.67. The van der Waals surface area contributed by atoms with Crippen molar-refractivity contribution in [1.82, 2.24) is 9.21 Å². The second-order valence-electron chi connectivity index (χ2n) is 5.56.